The van der Waals surface area contributed by atoms with E-state index in [2.05, 4.69) is 115 Å². The fraction of sp³-hybridized carbons (Fsp3) is 0.0417. The van der Waals surface area contributed by atoms with Gasteiger partial charge in [0.2, 0.25) is 0 Å². The predicted octanol–water partition coefficient (Wildman–Crippen LogP) is 5.31. The Morgan fingerprint density at radius 2 is 1.20 bits per heavy atom. The Morgan fingerprint density at radius 1 is 0.640 bits per heavy atom. The summed E-state index contributed by atoms with van der Waals surface area (Å²) in [6, 6.07) is 21.9. The molecule has 0 nitrogen and oxygen atoms in total. The van der Waals surface area contributed by atoms with Crippen molar-refractivity contribution in [1.29, 1.82) is 0 Å². The summed E-state index contributed by atoms with van der Waals surface area (Å²) in [6.45, 7) is 0. The Labute approximate surface area is 150 Å². The molecule has 0 spiro atoms. The average molecular weight is 339 g/mol. The number of rotatable bonds is 4. The summed E-state index contributed by atoms with van der Waals surface area (Å²) in [5, 5.41) is 4.10. The van der Waals surface area contributed by atoms with Crippen LogP contribution in [0.5, 0.6) is 0 Å². The van der Waals surface area contributed by atoms with Crippen LogP contribution in [-0.2, 0) is 0 Å². The molecule has 0 atom stereocenters. The second-order valence-electron chi connectivity index (χ2n) is 6.09. The standard InChI is InChI=1S/C24H20P/c1-2-6-14-21(13-5-1)25(24-19-11-12-20-24,22-15-7-3-8-16-22)23-17-9-4-10-18-23/h1-19,21H/q+1. The van der Waals surface area contributed by atoms with Crippen LogP contribution < -0.4 is 10.6 Å². The zero-order valence-corrected chi connectivity index (χ0v) is 14.9. The molecule has 0 N–H and O–H groups in total. The number of allylic oxidation sites excluding steroid dienone is 9. The van der Waals surface area contributed by atoms with Crippen molar-refractivity contribution >= 4 is 17.9 Å². The summed E-state index contributed by atoms with van der Waals surface area (Å²) in [6.07, 6.45) is 19.6. The molecule has 0 heterocycles. The summed E-state index contributed by atoms with van der Waals surface area (Å²) in [4.78, 5) is 0. The van der Waals surface area contributed by atoms with Gasteiger partial charge in [0.25, 0.3) is 0 Å². The van der Waals surface area contributed by atoms with E-state index in [0.717, 1.165) is 0 Å². The fourth-order valence-corrected chi connectivity index (χ4v) is 8.07. The third-order valence-corrected chi connectivity index (χ3v) is 9.19. The lowest BCUT2D eigenvalue weighted by Gasteiger charge is -2.31. The summed E-state index contributed by atoms with van der Waals surface area (Å²) < 4.78 is 0. The van der Waals surface area contributed by atoms with Gasteiger partial charge in [-0.15, -0.1) is 0 Å². The van der Waals surface area contributed by atoms with Crippen molar-refractivity contribution in [2.45, 2.75) is 5.66 Å². The molecule has 0 bridgehead atoms. The minimum Gasteiger partial charge on any atom is -0.0744 e. The first kappa shape index (κ1) is 15.9. The highest BCUT2D eigenvalue weighted by molar-refractivity contribution is 7.94. The molecule has 2 aliphatic carbocycles. The van der Waals surface area contributed by atoms with Crippen LogP contribution in [0.15, 0.2) is 126 Å². The first-order valence-corrected chi connectivity index (χ1v) is 10.4. The van der Waals surface area contributed by atoms with Crippen molar-refractivity contribution in [2.24, 2.45) is 0 Å². The maximum Gasteiger partial charge on any atom is 0.147 e. The van der Waals surface area contributed by atoms with Crippen LogP contribution in [0.1, 0.15) is 0 Å². The summed E-state index contributed by atoms with van der Waals surface area (Å²) in [5.74, 6) is 0. The molecule has 0 saturated carbocycles. The quantitative estimate of drug-likeness (QED) is 0.523. The smallest absolute Gasteiger partial charge is 0.0744 e. The lowest BCUT2D eigenvalue weighted by atomic mass is 10.3. The van der Waals surface area contributed by atoms with Crippen LogP contribution in [0.3, 0.4) is 0 Å². The second kappa shape index (κ2) is 7.08. The normalized spacial score (nSPS) is 16.2. The van der Waals surface area contributed by atoms with E-state index in [-0.39, 0.29) is 0 Å². The highest BCUT2D eigenvalue weighted by Crippen LogP contribution is 2.68. The Morgan fingerprint density at radius 3 is 1.68 bits per heavy atom. The molecular formula is C24H20P+. The highest BCUT2D eigenvalue weighted by atomic mass is 31.2. The molecule has 25 heavy (non-hydrogen) atoms. The SMILES string of the molecule is C1=CC=CC=1[P+](c1ccccc1)(c1ccccc1)C1C=CC=CC=C1. The Hall–Kier alpha value is -2.65. The largest absolute Gasteiger partial charge is 0.147 e. The van der Waals surface area contributed by atoms with Crippen molar-refractivity contribution in [1.82, 2.24) is 0 Å². The average Bonchev–Trinajstić information content (AvgIpc) is 3.08. The molecule has 0 aromatic heterocycles. The third-order valence-electron chi connectivity index (χ3n) is 4.69. The highest BCUT2D eigenvalue weighted by Gasteiger charge is 2.51. The zero-order valence-electron chi connectivity index (χ0n) is 14.0. The summed E-state index contributed by atoms with van der Waals surface area (Å²) >= 11 is 0. The van der Waals surface area contributed by atoms with Crippen LogP contribution in [-0.4, -0.2) is 5.66 Å². The summed E-state index contributed by atoms with van der Waals surface area (Å²) in [7, 11) is -1.88. The molecule has 0 saturated heterocycles. The van der Waals surface area contributed by atoms with Crippen molar-refractivity contribution in [3.05, 3.63) is 126 Å². The van der Waals surface area contributed by atoms with Gasteiger partial charge in [-0.2, -0.15) is 0 Å². The van der Waals surface area contributed by atoms with E-state index >= 15 is 0 Å². The van der Waals surface area contributed by atoms with E-state index in [4.69, 9.17) is 0 Å². The Kier molecular flexibility index (Phi) is 4.49. The summed E-state index contributed by atoms with van der Waals surface area (Å²) in [5.41, 5.74) is 3.87. The molecule has 0 aliphatic heterocycles. The third kappa shape index (κ3) is 2.81. The Bertz CT molecular complexity index is 865. The van der Waals surface area contributed by atoms with Gasteiger partial charge in [0.15, 0.2) is 0 Å². The molecule has 0 amide bonds. The van der Waals surface area contributed by atoms with Crippen LogP contribution in [0, 0.1) is 0 Å². The molecule has 2 aromatic carbocycles. The second-order valence-corrected chi connectivity index (χ2v) is 9.65. The molecule has 2 aliphatic rings. The minimum atomic E-state index is -1.88. The van der Waals surface area contributed by atoms with Gasteiger partial charge in [0.1, 0.15) is 28.8 Å². The van der Waals surface area contributed by atoms with Gasteiger partial charge in [-0.3, -0.25) is 0 Å². The Balaban J connectivity index is 2.05. The van der Waals surface area contributed by atoms with Crippen molar-refractivity contribution in [2.75, 3.05) is 0 Å². The molecule has 0 unspecified atom stereocenters. The van der Waals surface area contributed by atoms with Gasteiger partial charge in [-0.25, -0.2) is 0 Å². The van der Waals surface area contributed by atoms with Gasteiger partial charge in [-0.1, -0.05) is 66.4 Å². The molecule has 0 radical (unpaired) electrons. The van der Waals surface area contributed by atoms with E-state index in [1.54, 1.807) is 0 Å². The monoisotopic (exact) mass is 339 g/mol. The molecule has 4 rings (SSSR count). The molecule has 0 fully saturated rings. The molecule has 120 valence electrons. The molecular weight excluding hydrogens is 319 g/mol. The van der Waals surface area contributed by atoms with Crippen molar-refractivity contribution in [3.63, 3.8) is 0 Å². The van der Waals surface area contributed by atoms with Crippen LogP contribution in [0.25, 0.3) is 0 Å². The number of benzene rings is 2. The lowest BCUT2D eigenvalue weighted by molar-refractivity contribution is 1.38. The van der Waals surface area contributed by atoms with Gasteiger partial charge < -0.3 is 0 Å². The number of hydrogen-bond acceptors (Lipinski definition) is 0. The minimum absolute atomic E-state index is 0.311. The number of hydrogen-bond donors (Lipinski definition) is 0. The van der Waals surface area contributed by atoms with Gasteiger partial charge in [-0.05, 0) is 54.6 Å². The topological polar surface area (TPSA) is 0 Å². The maximum atomic E-state index is 3.55. The van der Waals surface area contributed by atoms with Crippen molar-refractivity contribution in [3.8, 4) is 0 Å². The van der Waals surface area contributed by atoms with E-state index in [0.29, 0.717) is 5.66 Å². The zero-order chi connectivity index (χ0) is 17.0. The van der Waals surface area contributed by atoms with Crippen LogP contribution >= 0.6 is 7.26 Å². The van der Waals surface area contributed by atoms with Crippen molar-refractivity contribution < 1.29 is 0 Å². The van der Waals surface area contributed by atoms with Gasteiger partial charge in [0.05, 0.1) is 0 Å². The molecule has 2 aromatic rings. The maximum absolute atomic E-state index is 3.55. The van der Waals surface area contributed by atoms with E-state index in [1.165, 1.54) is 15.9 Å². The lowest BCUT2D eigenvalue weighted by Crippen LogP contribution is -2.30. The van der Waals surface area contributed by atoms with Crippen LogP contribution in [0.2, 0.25) is 0 Å². The van der Waals surface area contributed by atoms with E-state index in [1.807, 2.05) is 6.08 Å². The van der Waals surface area contributed by atoms with Crippen LogP contribution in [0.4, 0.5) is 0 Å². The fourth-order valence-electron chi connectivity index (χ4n) is 3.61. The van der Waals surface area contributed by atoms with Gasteiger partial charge >= 0.3 is 0 Å². The predicted molar refractivity (Wildman–Crippen MR) is 111 cm³/mol. The first-order valence-electron chi connectivity index (χ1n) is 8.58. The van der Waals surface area contributed by atoms with E-state index in [9.17, 15) is 0 Å². The van der Waals surface area contributed by atoms with E-state index < -0.39 is 7.26 Å². The molecule has 1 heteroatoms. The first-order chi connectivity index (χ1) is 12.4. The van der Waals surface area contributed by atoms with Gasteiger partial charge in [0, 0.05) is 0 Å².